The number of piperazine rings is 1. The van der Waals surface area contributed by atoms with E-state index in [2.05, 4.69) is 36.1 Å². The lowest BCUT2D eigenvalue weighted by Gasteiger charge is -2.32. The van der Waals surface area contributed by atoms with Gasteiger partial charge in [0.15, 0.2) is 0 Å². The fourth-order valence-corrected chi connectivity index (χ4v) is 1.61. The highest BCUT2D eigenvalue weighted by Gasteiger charge is 2.13. The summed E-state index contributed by atoms with van der Waals surface area (Å²) >= 11 is 0. The van der Waals surface area contributed by atoms with E-state index in [4.69, 9.17) is 0 Å². The van der Waals surface area contributed by atoms with Gasteiger partial charge in [0, 0.05) is 32.7 Å². The lowest BCUT2D eigenvalue weighted by molar-refractivity contribution is 0.165. The van der Waals surface area contributed by atoms with Crippen LogP contribution in [0, 0.1) is 0 Å². The molecule has 0 aromatic carbocycles. The van der Waals surface area contributed by atoms with Crippen molar-refractivity contribution >= 4 is 0 Å². The van der Waals surface area contributed by atoms with Crippen molar-refractivity contribution in [1.29, 1.82) is 0 Å². The summed E-state index contributed by atoms with van der Waals surface area (Å²) in [5, 5.41) is 0. The van der Waals surface area contributed by atoms with Crippen molar-refractivity contribution < 1.29 is 0 Å². The van der Waals surface area contributed by atoms with Crippen LogP contribution in [0.25, 0.3) is 0 Å². The zero-order chi connectivity index (χ0) is 11.3. The summed E-state index contributed by atoms with van der Waals surface area (Å²) in [5.41, 5.74) is 2.25. The fourth-order valence-electron chi connectivity index (χ4n) is 1.61. The van der Waals surface area contributed by atoms with Crippen LogP contribution in [-0.4, -0.2) is 49.6 Å². The van der Waals surface area contributed by atoms with Gasteiger partial charge in [-0.3, -0.25) is 4.90 Å². The molecule has 2 heteroatoms. The van der Waals surface area contributed by atoms with Crippen LogP contribution < -0.4 is 0 Å². The number of nitrogens with zero attached hydrogens (tertiary/aromatic N) is 2. The molecule has 1 saturated heterocycles. The van der Waals surface area contributed by atoms with Gasteiger partial charge in [-0.25, -0.2) is 0 Å². The summed E-state index contributed by atoms with van der Waals surface area (Å²) in [7, 11) is 2.17. The van der Waals surface area contributed by atoms with E-state index >= 15 is 0 Å². The molecule has 0 spiro atoms. The first-order valence-corrected chi connectivity index (χ1v) is 5.50. The Labute approximate surface area is 93.6 Å². The van der Waals surface area contributed by atoms with Crippen molar-refractivity contribution in [3.8, 4) is 0 Å². The molecule has 0 aliphatic carbocycles. The maximum absolute atomic E-state index is 4.06. The Kier molecular flexibility index (Phi) is 4.79. The molecule has 84 valence electrons. The van der Waals surface area contributed by atoms with Crippen molar-refractivity contribution in [3.05, 3.63) is 36.5 Å². The number of hydrogen-bond donors (Lipinski definition) is 0. The molecule has 0 radical (unpaired) electrons. The minimum Gasteiger partial charge on any atom is -0.304 e. The van der Waals surface area contributed by atoms with Gasteiger partial charge in [-0.2, -0.15) is 0 Å². The van der Waals surface area contributed by atoms with Crippen LogP contribution in [0.4, 0.5) is 0 Å². The van der Waals surface area contributed by atoms with Gasteiger partial charge in [0.1, 0.15) is 0 Å². The van der Waals surface area contributed by atoms with Gasteiger partial charge in [0.25, 0.3) is 0 Å². The second kappa shape index (κ2) is 5.89. The normalized spacial score (nSPS) is 19.6. The standard InChI is InChI=1S/C13H22N2/c1-12(2)5-6-13(3)11-15-9-7-14(4)8-10-15/h5-6H,1,3,7-11H2,2,4H3/b6-5-. The van der Waals surface area contributed by atoms with Crippen LogP contribution in [0.15, 0.2) is 36.5 Å². The van der Waals surface area contributed by atoms with E-state index in [1.165, 1.54) is 5.57 Å². The molecule has 0 N–H and O–H groups in total. The fraction of sp³-hybridized carbons (Fsp3) is 0.538. The van der Waals surface area contributed by atoms with Crippen LogP contribution >= 0.6 is 0 Å². The molecule has 1 fully saturated rings. The smallest absolute Gasteiger partial charge is 0.0228 e. The van der Waals surface area contributed by atoms with Crippen molar-refractivity contribution in [2.24, 2.45) is 0 Å². The van der Waals surface area contributed by atoms with Crippen LogP contribution in [0.2, 0.25) is 0 Å². The molecule has 0 aromatic heterocycles. The number of hydrogen-bond acceptors (Lipinski definition) is 2. The molecule has 1 rings (SSSR count). The monoisotopic (exact) mass is 206 g/mol. The molecule has 2 nitrogen and oxygen atoms in total. The molecular formula is C13H22N2. The first-order chi connectivity index (χ1) is 7.08. The Morgan fingerprint density at radius 3 is 2.27 bits per heavy atom. The van der Waals surface area contributed by atoms with E-state index in [1.54, 1.807) is 0 Å². The second-order valence-electron chi connectivity index (χ2n) is 4.42. The first-order valence-electron chi connectivity index (χ1n) is 5.50. The highest BCUT2D eigenvalue weighted by Crippen LogP contribution is 2.04. The molecule has 0 unspecified atom stereocenters. The molecule has 0 aromatic rings. The van der Waals surface area contributed by atoms with Crippen molar-refractivity contribution in [2.75, 3.05) is 39.8 Å². The lowest BCUT2D eigenvalue weighted by atomic mass is 10.2. The molecule has 0 atom stereocenters. The van der Waals surface area contributed by atoms with E-state index in [1.807, 2.05) is 13.0 Å². The largest absolute Gasteiger partial charge is 0.304 e. The summed E-state index contributed by atoms with van der Waals surface area (Å²) < 4.78 is 0. The Hall–Kier alpha value is -0.860. The van der Waals surface area contributed by atoms with E-state index in [9.17, 15) is 0 Å². The van der Waals surface area contributed by atoms with E-state index in [-0.39, 0.29) is 0 Å². The van der Waals surface area contributed by atoms with Crippen molar-refractivity contribution in [3.63, 3.8) is 0 Å². The second-order valence-corrected chi connectivity index (χ2v) is 4.42. The van der Waals surface area contributed by atoms with Crippen molar-refractivity contribution in [2.45, 2.75) is 6.92 Å². The van der Waals surface area contributed by atoms with Crippen LogP contribution in [0.3, 0.4) is 0 Å². The highest BCUT2D eigenvalue weighted by atomic mass is 15.2. The summed E-state index contributed by atoms with van der Waals surface area (Å²) in [6.07, 6.45) is 4.10. The summed E-state index contributed by atoms with van der Waals surface area (Å²) in [5.74, 6) is 0. The Bertz CT molecular complexity index is 258. The third-order valence-corrected chi connectivity index (χ3v) is 2.63. The number of rotatable bonds is 4. The quantitative estimate of drug-likeness (QED) is 0.648. The van der Waals surface area contributed by atoms with Crippen LogP contribution in [0.1, 0.15) is 6.92 Å². The average Bonchev–Trinajstić information content (AvgIpc) is 2.19. The van der Waals surface area contributed by atoms with Gasteiger partial charge in [-0.05, 0) is 19.5 Å². The van der Waals surface area contributed by atoms with E-state index in [0.717, 1.165) is 38.3 Å². The molecule has 1 aliphatic heterocycles. The summed E-state index contributed by atoms with van der Waals surface area (Å²) in [4.78, 5) is 4.81. The Morgan fingerprint density at radius 1 is 1.13 bits per heavy atom. The van der Waals surface area contributed by atoms with Gasteiger partial charge in [-0.1, -0.05) is 30.9 Å². The Morgan fingerprint density at radius 2 is 1.73 bits per heavy atom. The molecule has 1 aliphatic rings. The summed E-state index contributed by atoms with van der Waals surface area (Å²) in [6.45, 7) is 15.5. The number of likely N-dealkylation sites (N-methyl/N-ethyl adjacent to an activating group) is 1. The third-order valence-electron chi connectivity index (χ3n) is 2.63. The molecular weight excluding hydrogens is 184 g/mol. The van der Waals surface area contributed by atoms with E-state index in [0.29, 0.717) is 0 Å². The van der Waals surface area contributed by atoms with Crippen LogP contribution in [-0.2, 0) is 0 Å². The SMILES string of the molecule is C=C(C)/C=C\C(=C)CN1CCN(C)CC1. The average molecular weight is 206 g/mol. The molecule has 0 amide bonds. The minimum absolute atomic E-state index is 0.984. The van der Waals surface area contributed by atoms with Crippen molar-refractivity contribution in [1.82, 2.24) is 9.80 Å². The molecule has 1 heterocycles. The predicted molar refractivity (Wildman–Crippen MR) is 67.0 cm³/mol. The topological polar surface area (TPSA) is 6.48 Å². The molecule has 15 heavy (non-hydrogen) atoms. The van der Waals surface area contributed by atoms with Gasteiger partial charge in [-0.15, -0.1) is 0 Å². The zero-order valence-electron chi connectivity index (χ0n) is 10.00. The summed E-state index contributed by atoms with van der Waals surface area (Å²) in [6, 6.07) is 0. The highest BCUT2D eigenvalue weighted by molar-refractivity contribution is 5.23. The van der Waals surface area contributed by atoms with Crippen LogP contribution in [0.5, 0.6) is 0 Å². The van der Waals surface area contributed by atoms with Gasteiger partial charge in [0.2, 0.25) is 0 Å². The zero-order valence-corrected chi connectivity index (χ0v) is 10.00. The van der Waals surface area contributed by atoms with E-state index < -0.39 is 0 Å². The van der Waals surface area contributed by atoms with Gasteiger partial charge < -0.3 is 4.90 Å². The maximum atomic E-state index is 4.06. The van der Waals surface area contributed by atoms with Gasteiger partial charge in [0.05, 0.1) is 0 Å². The maximum Gasteiger partial charge on any atom is 0.0228 e. The predicted octanol–water partition coefficient (Wildman–Crippen LogP) is 1.92. The first kappa shape index (κ1) is 12.2. The minimum atomic E-state index is 0.984. The third kappa shape index (κ3) is 4.96. The lowest BCUT2D eigenvalue weighted by Crippen LogP contribution is -2.44. The molecule has 0 saturated carbocycles. The van der Waals surface area contributed by atoms with Gasteiger partial charge >= 0.3 is 0 Å². The molecule has 0 bridgehead atoms. The Balaban J connectivity index is 2.29. The number of allylic oxidation sites excluding steroid dienone is 2.